The fourth-order valence-corrected chi connectivity index (χ4v) is 5.02. The smallest absolute Gasteiger partial charge is 0.332 e. The molecule has 9 heteroatoms. The maximum atomic E-state index is 14.8. The Labute approximate surface area is 219 Å². The number of hydrogen-bond donors (Lipinski definition) is 2. The van der Waals surface area contributed by atoms with Gasteiger partial charge in [0.1, 0.15) is 17.4 Å². The van der Waals surface area contributed by atoms with Crippen molar-refractivity contribution in [2.75, 3.05) is 24.5 Å². The van der Waals surface area contributed by atoms with E-state index < -0.39 is 5.82 Å². The standard InChI is InChI=1S/C28H29ClFN5O2/c1-17(2)24-16-34(9-8-31-24)26-13-19(6-7-32-26)22-15-20(30)14-21(27(22)36)18-4-5-25(23(29)12-18)35-11-10-33(3)28(35)37/h4-7,10-15,17,24,31,36H,8-9,16H2,1-3H3/t24-/m0/s1. The third-order valence-corrected chi connectivity index (χ3v) is 7.23. The molecule has 0 radical (unpaired) electrons. The zero-order valence-electron chi connectivity index (χ0n) is 20.9. The summed E-state index contributed by atoms with van der Waals surface area (Å²) in [6.45, 7) is 6.87. The number of nitrogens with one attached hydrogen (secondary N) is 1. The van der Waals surface area contributed by atoms with Gasteiger partial charge in [-0.05, 0) is 53.4 Å². The van der Waals surface area contributed by atoms with Crippen LogP contribution in [0.4, 0.5) is 10.2 Å². The first kappa shape index (κ1) is 25.0. The highest BCUT2D eigenvalue weighted by molar-refractivity contribution is 6.32. The van der Waals surface area contributed by atoms with Crippen LogP contribution in [0.2, 0.25) is 5.02 Å². The molecule has 2 aromatic carbocycles. The number of aromatic hydroxyl groups is 1. The normalized spacial score (nSPS) is 15.9. The molecule has 0 unspecified atom stereocenters. The van der Waals surface area contributed by atoms with Gasteiger partial charge >= 0.3 is 5.69 Å². The molecule has 7 nitrogen and oxygen atoms in total. The van der Waals surface area contributed by atoms with Crippen molar-refractivity contribution < 1.29 is 9.50 Å². The lowest BCUT2D eigenvalue weighted by Crippen LogP contribution is -2.53. The van der Waals surface area contributed by atoms with Crippen LogP contribution in [0, 0.1) is 11.7 Å². The Morgan fingerprint density at radius 3 is 2.49 bits per heavy atom. The van der Waals surface area contributed by atoms with E-state index in [2.05, 4.69) is 29.0 Å². The fourth-order valence-electron chi connectivity index (χ4n) is 4.75. The second kappa shape index (κ2) is 10.0. The summed E-state index contributed by atoms with van der Waals surface area (Å²) < 4.78 is 17.7. The number of phenolic OH excluding ortho intramolecular Hbond substituents is 1. The van der Waals surface area contributed by atoms with E-state index in [4.69, 9.17) is 11.6 Å². The maximum absolute atomic E-state index is 14.8. The highest BCUT2D eigenvalue weighted by Crippen LogP contribution is 2.41. The molecular formula is C28H29ClFN5O2. The van der Waals surface area contributed by atoms with Crippen molar-refractivity contribution in [3.63, 3.8) is 0 Å². The summed E-state index contributed by atoms with van der Waals surface area (Å²) in [5.74, 6) is 0.734. The summed E-state index contributed by atoms with van der Waals surface area (Å²) in [6, 6.07) is 11.6. The molecule has 4 aromatic rings. The highest BCUT2D eigenvalue weighted by Gasteiger charge is 2.23. The number of halogens is 2. The van der Waals surface area contributed by atoms with E-state index in [1.807, 2.05) is 6.07 Å². The van der Waals surface area contributed by atoms with Crippen molar-refractivity contribution in [1.29, 1.82) is 0 Å². The molecule has 1 fully saturated rings. The molecule has 5 rings (SSSR count). The van der Waals surface area contributed by atoms with E-state index in [1.54, 1.807) is 49.9 Å². The van der Waals surface area contributed by atoms with Crippen molar-refractivity contribution in [3.8, 4) is 33.7 Å². The third-order valence-electron chi connectivity index (χ3n) is 6.93. The third kappa shape index (κ3) is 4.86. The second-order valence-corrected chi connectivity index (χ2v) is 10.1. The van der Waals surface area contributed by atoms with E-state index in [0.717, 1.165) is 25.5 Å². The molecule has 0 saturated carbocycles. The highest BCUT2D eigenvalue weighted by atomic mass is 35.5. The van der Waals surface area contributed by atoms with Gasteiger partial charge in [0.25, 0.3) is 0 Å². The van der Waals surface area contributed by atoms with Crippen LogP contribution >= 0.6 is 11.6 Å². The van der Waals surface area contributed by atoms with Crippen LogP contribution in [0.5, 0.6) is 5.75 Å². The van der Waals surface area contributed by atoms with Crippen molar-refractivity contribution >= 4 is 17.4 Å². The van der Waals surface area contributed by atoms with Crippen LogP contribution in [-0.4, -0.2) is 44.9 Å². The molecule has 1 aliphatic rings. The number of phenols is 1. The van der Waals surface area contributed by atoms with Gasteiger partial charge in [-0.2, -0.15) is 0 Å². The lowest BCUT2D eigenvalue weighted by Gasteiger charge is -2.36. The minimum Gasteiger partial charge on any atom is -0.507 e. The van der Waals surface area contributed by atoms with Gasteiger partial charge in [0.2, 0.25) is 0 Å². The average Bonchev–Trinajstić information content (AvgIpc) is 3.23. The van der Waals surface area contributed by atoms with Gasteiger partial charge in [-0.1, -0.05) is 31.5 Å². The quantitative estimate of drug-likeness (QED) is 0.393. The fraction of sp³-hybridized carbons (Fsp3) is 0.286. The molecule has 1 aliphatic heterocycles. The van der Waals surface area contributed by atoms with Gasteiger partial charge < -0.3 is 19.9 Å². The number of piperazine rings is 1. The molecule has 1 saturated heterocycles. The summed E-state index contributed by atoms with van der Waals surface area (Å²) in [7, 11) is 1.66. The minimum absolute atomic E-state index is 0.0559. The van der Waals surface area contributed by atoms with Gasteiger partial charge in [0.15, 0.2) is 0 Å². The Balaban J connectivity index is 1.51. The van der Waals surface area contributed by atoms with E-state index in [9.17, 15) is 14.3 Å². The lowest BCUT2D eigenvalue weighted by atomic mass is 9.97. The number of imidazole rings is 1. The molecule has 2 aromatic heterocycles. The number of pyridine rings is 1. The van der Waals surface area contributed by atoms with Crippen LogP contribution < -0.4 is 15.9 Å². The molecule has 37 heavy (non-hydrogen) atoms. The summed E-state index contributed by atoms with van der Waals surface area (Å²) in [5.41, 5.74) is 2.15. The summed E-state index contributed by atoms with van der Waals surface area (Å²) in [4.78, 5) is 19.1. The number of hydrogen-bond acceptors (Lipinski definition) is 5. The molecule has 0 amide bonds. The van der Waals surface area contributed by atoms with E-state index in [-0.39, 0.29) is 11.4 Å². The molecule has 2 N–H and O–H groups in total. The number of rotatable bonds is 5. The van der Waals surface area contributed by atoms with Crippen LogP contribution in [0.3, 0.4) is 0 Å². The lowest BCUT2D eigenvalue weighted by molar-refractivity contribution is 0.367. The van der Waals surface area contributed by atoms with Crippen molar-refractivity contribution in [1.82, 2.24) is 19.4 Å². The largest absolute Gasteiger partial charge is 0.507 e. The van der Waals surface area contributed by atoms with Gasteiger partial charge in [0, 0.05) is 62.4 Å². The van der Waals surface area contributed by atoms with E-state index in [0.29, 0.717) is 44.9 Å². The van der Waals surface area contributed by atoms with E-state index in [1.165, 1.54) is 21.3 Å². The Bertz CT molecular complexity index is 1510. The maximum Gasteiger partial charge on any atom is 0.332 e. The zero-order valence-corrected chi connectivity index (χ0v) is 21.7. The molecule has 0 spiro atoms. The first-order chi connectivity index (χ1) is 17.7. The Kier molecular flexibility index (Phi) is 6.79. The minimum atomic E-state index is -0.484. The second-order valence-electron chi connectivity index (χ2n) is 9.73. The zero-order chi connectivity index (χ0) is 26.3. The summed E-state index contributed by atoms with van der Waals surface area (Å²) >= 11 is 6.52. The van der Waals surface area contributed by atoms with Crippen molar-refractivity contribution in [3.05, 3.63) is 82.4 Å². The topological polar surface area (TPSA) is 75.3 Å². The SMILES string of the molecule is CC(C)[C@@H]1CN(c2cc(-c3cc(F)cc(-c4ccc(-n5ccn(C)c5=O)c(Cl)c4)c3O)ccn2)CCN1. The molecule has 0 aliphatic carbocycles. The Morgan fingerprint density at radius 1 is 1.11 bits per heavy atom. The molecule has 192 valence electrons. The number of aryl methyl sites for hydroxylation is 1. The predicted octanol–water partition coefficient (Wildman–Crippen LogP) is 4.84. The average molecular weight is 522 g/mol. The van der Waals surface area contributed by atoms with Crippen molar-refractivity contribution in [2.45, 2.75) is 19.9 Å². The van der Waals surface area contributed by atoms with Gasteiger partial charge in [0.05, 0.1) is 10.7 Å². The number of nitrogens with zero attached hydrogens (tertiary/aromatic N) is 4. The van der Waals surface area contributed by atoms with Crippen LogP contribution in [-0.2, 0) is 7.05 Å². The van der Waals surface area contributed by atoms with Gasteiger partial charge in [-0.15, -0.1) is 0 Å². The number of anilines is 1. The van der Waals surface area contributed by atoms with Crippen molar-refractivity contribution in [2.24, 2.45) is 13.0 Å². The molecule has 3 heterocycles. The Hall–Kier alpha value is -3.62. The predicted molar refractivity (Wildman–Crippen MR) is 145 cm³/mol. The van der Waals surface area contributed by atoms with Crippen LogP contribution in [0.15, 0.2) is 65.8 Å². The number of benzene rings is 2. The monoisotopic (exact) mass is 521 g/mol. The molecule has 0 bridgehead atoms. The summed E-state index contributed by atoms with van der Waals surface area (Å²) in [6.07, 6.45) is 4.96. The Morgan fingerprint density at radius 2 is 1.84 bits per heavy atom. The van der Waals surface area contributed by atoms with Gasteiger partial charge in [-0.25, -0.2) is 14.2 Å². The first-order valence-electron chi connectivity index (χ1n) is 12.2. The van der Waals surface area contributed by atoms with Crippen LogP contribution in [0.1, 0.15) is 13.8 Å². The van der Waals surface area contributed by atoms with Gasteiger partial charge in [-0.3, -0.25) is 4.57 Å². The molecular weight excluding hydrogens is 493 g/mol. The summed E-state index contributed by atoms with van der Waals surface area (Å²) in [5, 5.41) is 15.1. The number of aromatic nitrogens is 3. The molecule has 1 atom stereocenters. The van der Waals surface area contributed by atoms with E-state index >= 15 is 0 Å². The van der Waals surface area contributed by atoms with Crippen LogP contribution in [0.25, 0.3) is 27.9 Å². The first-order valence-corrected chi connectivity index (χ1v) is 12.6.